The summed E-state index contributed by atoms with van der Waals surface area (Å²) < 4.78 is 17.3. The van der Waals surface area contributed by atoms with Gasteiger partial charge >= 0.3 is 5.97 Å². The standard InChI is InChI=1S/C27H33N3O7/c1-18-25-21(27(34)30(18)22(26(28)33)9-10-24(31)32)3-2-4-23(25)37-17-19-5-7-20(8-6-19)36-16-13-29-11-14-35-15-12-29/h2-8,18,22H,9-17H2,1H3,(H2,28,33)(H,31,32). The molecular formula is C27H33N3O7. The van der Waals surface area contributed by atoms with Gasteiger partial charge in [0.25, 0.3) is 5.91 Å². The molecule has 2 aliphatic heterocycles. The van der Waals surface area contributed by atoms with Crippen LogP contribution in [0.2, 0.25) is 0 Å². The largest absolute Gasteiger partial charge is 0.492 e. The fourth-order valence-corrected chi connectivity index (χ4v) is 4.79. The van der Waals surface area contributed by atoms with Crippen LogP contribution in [-0.2, 0) is 20.9 Å². The van der Waals surface area contributed by atoms with Gasteiger partial charge in [-0.15, -0.1) is 0 Å². The van der Waals surface area contributed by atoms with Gasteiger partial charge in [-0.3, -0.25) is 19.3 Å². The summed E-state index contributed by atoms with van der Waals surface area (Å²) in [5.74, 6) is -0.829. The van der Waals surface area contributed by atoms with Crippen LogP contribution < -0.4 is 15.2 Å². The average molecular weight is 512 g/mol. The van der Waals surface area contributed by atoms with E-state index in [9.17, 15) is 14.4 Å². The van der Waals surface area contributed by atoms with Crippen molar-refractivity contribution in [3.63, 3.8) is 0 Å². The minimum Gasteiger partial charge on any atom is -0.492 e. The summed E-state index contributed by atoms with van der Waals surface area (Å²) in [7, 11) is 0. The highest BCUT2D eigenvalue weighted by atomic mass is 16.5. The Hall–Kier alpha value is -3.63. The van der Waals surface area contributed by atoms with Gasteiger partial charge < -0.3 is 30.0 Å². The summed E-state index contributed by atoms with van der Waals surface area (Å²) in [5.41, 5.74) is 7.56. The van der Waals surface area contributed by atoms with Crippen LogP contribution in [0.1, 0.15) is 47.3 Å². The third kappa shape index (κ3) is 6.39. The molecule has 2 unspecified atom stereocenters. The van der Waals surface area contributed by atoms with E-state index in [1.165, 1.54) is 4.90 Å². The lowest BCUT2D eigenvalue weighted by Crippen LogP contribution is -2.46. The molecule has 2 aliphatic rings. The smallest absolute Gasteiger partial charge is 0.303 e. The Morgan fingerprint density at radius 2 is 1.86 bits per heavy atom. The van der Waals surface area contributed by atoms with Crippen LogP contribution in [-0.4, -0.2) is 78.2 Å². The van der Waals surface area contributed by atoms with Gasteiger partial charge in [-0.05, 0) is 43.2 Å². The molecule has 2 atom stereocenters. The Morgan fingerprint density at radius 1 is 1.14 bits per heavy atom. The summed E-state index contributed by atoms with van der Waals surface area (Å²) in [6.45, 7) is 6.91. The lowest BCUT2D eigenvalue weighted by atomic mass is 10.0. The van der Waals surface area contributed by atoms with Crippen molar-refractivity contribution in [1.82, 2.24) is 9.80 Å². The first-order valence-corrected chi connectivity index (χ1v) is 12.5. The third-order valence-electron chi connectivity index (χ3n) is 6.76. The fourth-order valence-electron chi connectivity index (χ4n) is 4.79. The van der Waals surface area contributed by atoms with E-state index in [1.54, 1.807) is 25.1 Å². The van der Waals surface area contributed by atoms with Gasteiger partial charge in [0, 0.05) is 37.2 Å². The van der Waals surface area contributed by atoms with Gasteiger partial charge in [0.2, 0.25) is 5.91 Å². The minimum atomic E-state index is -1.05. The van der Waals surface area contributed by atoms with Crippen molar-refractivity contribution in [2.24, 2.45) is 5.73 Å². The van der Waals surface area contributed by atoms with Gasteiger partial charge in [0.15, 0.2) is 0 Å². The highest BCUT2D eigenvalue weighted by Crippen LogP contribution is 2.41. The number of primary amides is 1. The maximum Gasteiger partial charge on any atom is 0.303 e. The van der Waals surface area contributed by atoms with Crippen molar-refractivity contribution in [2.75, 3.05) is 39.5 Å². The van der Waals surface area contributed by atoms with E-state index in [4.69, 9.17) is 25.1 Å². The summed E-state index contributed by atoms with van der Waals surface area (Å²) in [4.78, 5) is 40.0. The molecule has 10 heteroatoms. The molecule has 0 saturated carbocycles. The highest BCUT2D eigenvalue weighted by molar-refractivity contribution is 6.02. The van der Waals surface area contributed by atoms with Gasteiger partial charge in [0.1, 0.15) is 30.8 Å². The van der Waals surface area contributed by atoms with E-state index in [-0.39, 0.29) is 25.4 Å². The fraction of sp³-hybridized carbons (Fsp3) is 0.444. The van der Waals surface area contributed by atoms with Gasteiger partial charge in [-0.1, -0.05) is 18.2 Å². The van der Waals surface area contributed by atoms with Crippen LogP contribution in [0.25, 0.3) is 0 Å². The maximum absolute atomic E-state index is 13.1. The molecule has 1 saturated heterocycles. The zero-order valence-electron chi connectivity index (χ0n) is 20.9. The van der Waals surface area contributed by atoms with Crippen LogP contribution in [0.4, 0.5) is 0 Å². The van der Waals surface area contributed by atoms with E-state index >= 15 is 0 Å². The zero-order chi connectivity index (χ0) is 26.4. The minimum absolute atomic E-state index is 0.0498. The number of carbonyl (C=O) groups excluding carboxylic acids is 2. The number of hydrogen-bond donors (Lipinski definition) is 2. The van der Waals surface area contributed by atoms with E-state index in [0.29, 0.717) is 23.5 Å². The lowest BCUT2D eigenvalue weighted by Gasteiger charge is -2.29. The number of rotatable bonds is 12. The average Bonchev–Trinajstić information content (AvgIpc) is 3.14. The Kier molecular flexibility index (Phi) is 8.62. The second kappa shape index (κ2) is 12.1. The van der Waals surface area contributed by atoms with E-state index in [0.717, 1.165) is 44.2 Å². The second-order valence-electron chi connectivity index (χ2n) is 9.19. The molecule has 3 N–H and O–H groups in total. The van der Waals surface area contributed by atoms with Crippen LogP contribution in [0.15, 0.2) is 42.5 Å². The summed E-state index contributed by atoms with van der Waals surface area (Å²) >= 11 is 0. The van der Waals surface area contributed by atoms with Gasteiger partial charge in [-0.2, -0.15) is 0 Å². The number of nitrogens with two attached hydrogens (primary N) is 1. The van der Waals surface area contributed by atoms with Crippen molar-refractivity contribution in [3.8, 4) is 11.5 Å². The van der Waals surface area contributed by atoms with E-state index < -0.39 is 24.0 Å². The van der Waals surface area contributed by atoms with E-state index in [2.05, 4.69) is 4.90 Å². The first kappa shape index (κ1) is 26.4. The molecule has 0 aromatic heterocycles. The molecule has 4 rings (SSSR count). The van der Waals surface area contributed by atoms with Crippen molar-refractivity contribution in [3.05, 3.63) is 59.2 Å². The summed E-state index contributed by atoms with van der Waals surface area (Å²) in [5, 5.41) is 9.04. The number of nitrogens with zero attached hydrogens (tertiary/aromatic N) is 2. The van der Waals surface area contributed by atoms with Crippen molar-refractivity contribution in [2.45, 2.75) is 38.5 Å². The molecular weight excluding hydrogens is 478 g/mol. The zero-order valence-corrected chi connectivity index (χ0v) is 20.9. The van der Waals surface area contributed by atoms with Crippen LogP contribution >= 0.6 is 0 Å². The predicted molar refractivity (Wildman–Crippen MR) is 134 cm³/mol. The van der Waals surface area contributed by atoms with Crippen LogP contribution in [0.5, 0.6) is 11.5 Å². The normalized spacial score (nSPS) is 18.4. The summed E-state index contributed by atoms with van der Waals surface area (Å²) in [6.07, 6.45) is -0.317. The number of carboxylic acid groups (broad SMARTS) is 1. The topological polar surface area (TPSA) is 132 Å². The molecule has 37 heavy (non-hydrogen) atoms. The van der Waals surface area contributed by atoms with Crippen molar-refractivity contribution >= 4 is 17.8 Å². The van der Waals surface area contributed by atoms with Crippen LogP contribution in [0.3, 0.4) is 0 Å². The second-order valence-corrected chi connectivity index (χ2v) is 9.19. The molecule has 0 aliphatic carbocycles. The molecule has 0 spiro atoms. The number of hydrogen-bond acceptors (Lipinski definition) is 7. The van der Waals surface area contributed by atoms with Gasteiger partial charge in [-0.25, -0.2) is 0 Å². The Balaban J connectivity index is 1.37. The van der Waals surface area contributed by atoms with Gasteiger partial charge in [0.05, 0.1) is 19.3 Å². The molecule has 2 aromatic rings. The summed E-state index contributed by atoms with van der Waals surface area (Å²) in [6, 6.07) is 11.4. The predicted octanol–water partition coefficient (Wildman–Crippen LogP) is 2.21. The van der Waals surface area contributed by atoms with Crippen molar-refractivity contribution < 1.29 is 33.7 Å². The molecule has 1 fully saturated rings. The number of morpholine rings is 1. The van der Waals surface area contributed by atoms with Crippen molar-refractivity contribution in [1.29, 1.82) is 0 Å². The monoisotopic (exact) mass is 511 g/mol. The highest BCUT2D eigenvalue weighted by Gasteiger charge is 2.42. The number of carbonyl (C=O) groups is 3. The number of ether oxygens (including phenoxy) is 3. The Labute approximate surface area is 215 Å². The first-order chi connectivity index (χ1) is 17.8. The third-order valence-corrected chi connectivity index (χ3v) is 6.76. The maximum atomic E-state index is 13.1. The Bertz CT molecular complexity index is 1120. The number of carboxylic acids is 1. The molecule has 2 amide bonds. The lowest BCUT2D eigenvalue weighted by molar-refractivity contribution is -0.137. The molecule has 0 bridgehead atoms. The first-order valence-electron chi connectivity index (χ1n) is 12.5. The SMILES string of the molecule is CC1c2c(OCc3ccc(OCCN4CCOCC4)cc3)cccc2C(=O)N1C(CCC(=O)O)C(N)=O. The Morgan fingerprint density at radius 3 is 2.54 bits per heavy atom. The number of benzene rings is 2. The van der Waals surface area contributed by atoms with E-state index in [1.807, 2.05) is 24.3 Å². The molecule has 2 heterocycles. The number of aliphatic carboxylic acids is 1. The molecule has 2 aromatic carbocycles. The van der Waals surface area contributed by atoms with Crippen LogP contribution in [0, 0.1) is 0 Å². The number of amides is 2. The quantitative estimate of drug-likeness (QED) is 0.443. The number of fused-ring (bicyclic) bond motifs is 1. The molecule has 10 nitrogen and oxygen atoms in total. The molecule has 0 radical (unpaired) electrons. The molecule has 198 valence electrons.